The molecule has 0 radical (unpaired) electrons. The minimum absolute atomic E-state index is 0.0422. The molecule has 0 aliphatic carbocycles. The number of alkyl halides is 9. The van der Waals surface area contributed by atoms with Gasteiger partial charge >= 0.3 is 18.5 Å². The van der Waals surface area contributed by atoms with Gasteiger partial charge in [-0.25, -0.2) is 0 Å². The van der Waals surface area contributed by atoms with E-state index in [1.54, 1.807) is 91.9 Å². The van der Waals surface area contributed by atoms with E-state index in [4.69, 9.17) is 0 Å². The minimum atomic E-state index is -5.17. The standard InChI is InChI=1S/C50H29F9/c1-28-22-42(40-23-29-12-2-4-14-31(29)33-16-6-9-19-36(33)40)45(48(51,52)53)25-39(28)35-18-8-11-21-38(35)43-26-47(50(57,58)59)44(27-46(43)49(54,55)56)41-24-30-13-3-5-15-32(30)34-17-7-10-20-37(34)41/h2-27H,1H3. The summed E-state index contributed by atoms with van der Waals surface area (Å²) in [4.78, 5) is 0. The minimum Gasteiger partial charge on any atom is -0.166 e. The Morgan fingerprint density at radius 2 is 0.576 bits per heavy atom. The summed E-state index contributed by atoms with van der Waals surface area (Å²) in [7, 11) is 0. The first kappa shape index (κ1) is 37.9. The van der Waals surface area contributed by atoms with Crippen LogP contribution in [0.5, 0.6) is 0 Å². The molecule has 9 rings (SSSR count). The Kier molecular flexibility index (Phi) is 8.85. The molecule has 0 fully saturated rings. The highest BCUT2D eigenvalue weighted by molar-refractivity contribution is 6.15. The lowest BCUT2D eigenvalue weighted by molar-refractivity contribution is -0.140. The molecule has 9 heteroatoms. The topological polar surface area (TPSA) is 0 Å². The zero-order valence-electron chi connectivity index (χ0n) is 30.9. The zero-order chi connectivity index (χ0) is 41.4. The molecule has 0 amide bonds. The molecule has 0 heterocycles. The van der Waals surface area contributed by atoms with Crippen LogP contribution in [0.2, 0.25) is 0 Å². The first-order valence-corrected chi connectivity index (χ1v) is 18.6. The molecule has 0 spiro atoms. The molecular formula is C50H29F9. The van der Waals surface area contributed by atoms with Gasteiger partial charge in [0.15, 0.2) is 0 Å². The van der Waals surface area contributed by atoms with Gasteiger partial charge in [-0.3, -0.25) is 0 Å². The number of fused-ring (bicyclic) bond motifs is 6. The second kappa shape index (κ2) is 13.8. The largest absolute Gasteiger partial charge is 0.417 e. The van der Waals surface area contributed by atoms with Crippen LogP contribution in [0.15, 0.2) is 158 Å². The van der Waals surface area contributed by atoms with Gasteiger partial charge in [0.25, 0.3) is 0 Å². The first-order chi connectivity index (χ1) is 28.1. The average molecular weight is 801 g/mol. The Hall–Kier alpha value is -6.61. The van der Waals surface area contributed by atoms with Gasteiger partial charge in [-0.15, -0.1) is 0 Å². The molecule has 0 N–H and O–H groups in total. The maximum absolute atomic E-state index is 15.3. The lowest BCUT2D eigenvalue weighted by Crippen LogP contribution is -2.13. The molecule has 9 aromatic rings. The maximum atomic E-state index is 15.3. The van der Waals surface area contributed by atoms with Gasteiger partial charge in [0.05, 0.1) is 16.7 Å². The highest BCUT2D eigenvalue weighted by atomic mass is 19.4. The molecule has 0 aromatic heterocycles. The van der Waals surface area contributed by atoms with Crippen molar-refractivity contribution in [3.63, 3.8) is 0 Å². The van der Waals surface area contributed by atoms with E-state index in [9.17, 15) is 0 Å². The third-order valence-corrected chi connectivity index (χ3v) is 11.1. The van der Waals surface area contributed by atoms with Crippen LogP contribution in [0.25, 0.3) is 87.6 Å². The second-order valence-corrected chi connectivity index (χ2v) is 14.6. The van der Waals surface area contributed by atoms with E-state index < -0.39 is 46.3 Å². The lowest BCUT2D eigenvalue weighted by Gasteiger charge is -2.24. The highest BCUT2D eigenvalue weighted by Gasteiger charge is 2.41. The fourth-order valence-corrected chi connectivity index (χ4v) is 8.48. The van der Waals surface area contributed by atoms with E-state index in [-0.39, 0.29) is 33.4 Å². The predicted octanol–water partition coefficient (Wildman–Crippen LogP) is 16.3. The Labute approximate surface area is 331 Å². The van der Waals surface area contributed by atoms with Crippen LogP contribution in [0.3, 0.4) is 0 Å². The average Bonchev–Trinajstić information content (AvgIpc) is 3.21. The Morgan fingerprint density at radius 1 is 0.271 bits per heavy atom. The van der Waals surface area contributed by atoms with Crippen LogP contribution in [0.4, 0.5) is 39.5 Å². The number of benzene rings is 9. The fourth-order valence-electron chi connectivity index (χ4n) is 8.48. The third-order valence-electron chi connectivity index (χ3n) is 11.1. The summed E-state index contributed by atoms with van der Waals surface area (Å²) in [6.07, 6.45) is -15.2. The summed E-state index contributed by atoms with van der Waals surface area (Å²) >= 11 is 0. The van der Waals surface area contributed by atoms with Crippen LogP contribution in [-0.2, 0) is 18.5 Å². The quantitative estimate of drug-likeness (QED) is 0.123. The van der Waals surface area contributed by atoms with Crippen molar-refractivity contribution in [1.82, 2.24) is 0 Å². The van der Waals surface area contributed by atoms with Crippen molar-refractivity contribution in [2.75, 3.05) is 0 Å². The maximum Gasteiger partial charge on any atom is 0.417 e. The SMILES string of the molecule is Cc1cc(-c2cc3ccccc3c3ccccc23)c(C(F)(F)F)cc1-c1ccccc1-c1cc(C(F)(F)F)c(-c2cc3ccccc3c3ccccc23)cc1C(F)(F)F. The van der Waals surface area contributed by atoms with Gasteiger partial charge in [0.2, 0.25) is 0 Å². The zero-order valence-corrected chi connectivity index (χ0v) is 30.9. The molecule has 0 unspecified atom stereocenters. The van der Waals surface area contributed by atoms with Gasteiger partial charge in [0.1, 0.15) is 0 Å². The predicted molar refractivity (Wildman–Crippen MR) is 218 cm³/mol. The summed E-state index contributed by atoms with van der Waals surface area (Å²) in [6.45, 7) is 1.54. The van der Waals surface area contributed by atoms with Crippen molar-refractivity contribution >= 4 is 43.1 Å². The number of halogens is 9. The van der Waals surface area contributed by atoms with Gasteiger partial charge in [0, 0.05) is 0 Å². The Bertz CT molecular complexity index is 3130. The molecular weight excluding hydrogens is 772 g/mol. The molecule has 0 atom stereocenters. The molecule has 0 saturated carbocycles. The summed E-state index contributed by atoms with van der Waals surface area (Å²) < 4.78 is 137. The summed E-state index contributed by atoms with van der Waals surface area (Å²) in [5.74, 6) is 0. The summed E-state index contributed by atoms with van der Waals surface area (Å²) in [5.41, 5.74) is -5.27. The van der Waals surface area contributed by atoms with Gasteiger partial charge < -0.3 is 0 Å². The summed E-state index contributed by atoms with van der Waals surface area (Å²) in [6, 6.07) is 39.6. The van der Waals surface area contributed by atoms with E-state index in [2.05, 4.69) is 0 Å². The molecule has 0 saturated heterocycles. The molecule has 0 bridgehead atoms. The fraction of sp³-hybridized carbons (Fsp3) is 0.0800. The normalized spacial score (nSPS) is 12.6. The Morgan fingerprint density at radius 3 is 1.00 bits per heavy atom. The van der Waals surface area contributed by atoms with Gasteiger partial charge in [-0.05, 0) is 130 Å². The smallest absolute Gasteiger partial charge is 0.166 e. The lowest BCUT2D eigenvalue weighted by atomic mass is 9.83. The van der Waals surface area contributed by atoms with Crippen molar-refractivity contribution < 1.29 is 39.5 Å². The van der Waals surface area contributed by atoms with E-state index in [0.717, 1.165) is 22.2 Å². The number of hydrogen-bond donors (Lipinski definition) is 0. The molecule has 0 nitrogen and oxygen atoms in total. The first-order valence-electron chi connectivity index (χ1n) is 18.6. The van der Waals surface area contributed by atoms with Crippen LogP contribution < -0.4 is 0 Å². The highest BCUT2D eigenvalue weighted by Crippen LogP contribution is 2.51. The second-order valence-electron chi connectivity index (χ2n) is 14.6. The molecule has 59 heavy (non-hydrogen) atoms. The van der Waals surface area contributed by atoms with Crippen molar-refractivity contribution in [1.29, 1.82) is 0 Å². The summed E-state index contributed by atoms with van der Waals surface area (Å²) in [5, 5.41) is 5.01. The number of aryl methyl sites for hydroxylation is 1. The third kappa shape index (κ3) is 6.55. The van der Waals surface area contributed by atoms with Crippen molar-refractivity contribution in [2.45, 2.75) is 25.5 Å². The molecule has 292 valence electrons. The van der Waals surface area contributed by atoms with Crippen molar-refractivity contribution in [3.8, 4) is 44.5 Å². The molecule has 0 aliphatic heterocycles. The van der Waals surface area contributed by atoms with E-state index in [1.165, 1.54) is 36.4 Å². The number of rotatable bonds is 4. The van der Waals surface area contributed by atoms with E-state index in [0.29, 0.717) is 44.6 Å². The monoisotopic (exact) mass is 800 g/mol. The van der Waals surface area contributed by atoms with Crippen LogP contribution in [-0.4, -0.2) is 0 Å². The molecule has 9 aromatic carbocycles. The Balaban J connectivity index is 1.30. The molecule has 0 aliphatic rings. The number of hydrogen-bond acceptors (Lipinski definition) is 0. The van der Waals surface area contributed by atoms with Crippen LogP contribution in [0, 0.1) is 6.92 Å². The van der Waals surface area contributed by atoms with Gasteiger partial charge in [-0.1, -0.05) is 127 Å². The van der Waals surface area contributed by atoms with E-state index >= 15 is 39.5 Å². The van der Waals surface area contributed by atoms with Crippen LogP contribution >= 0.6 is 0 Å². The van der Waals surface area contributed by atoms with Crippen molar-refractivity contribution in [2.24, 2.45) is 0 Å². The van der Waals surface area contributed by atoms with Gasteiger partial charge in [-0.2, -0.15) is 39.5 Å². The van der Waals surface area contributed by atoms with Crippen molar-refractivity contribution in [3.05, 3.63) is 180 Å². The van der Waals surface area contributed by atoms with E-state index in [1.807, 2.05) is 18.2 Å². The van der Waals surface area contributed by atoms with Crippen LogP contribution in [0.1, 0.15) is 22.3 Å².